The van der Waals surface area contributed by atoms with Gasteiger partial charge in [-0.1, -0.05) is 24.3 Å². The molecule has 1 aliphatic carbocycles. The van der Waals surface area contributed by atoms with E-state index in [1.807, 2.05) is 54.8 Å². The lowest BCUT2D eigenvalue weighted by Crippen LogP contribution is -2.30. The third-order valence-corrected chi connectivity index (χ3v) is 6.45. The van der Waals surface area contributed by atoms with E-state index in [9.17, 15) is 9.59 Å². The second-order valence-corrected chi connectivity index (χ2v) is 8.62. The fraction of sp³-hybridized carbons (Fsp3) is 0.250. The zero-order valence-corrected chi connectivity index (χ0v) is 17.9. The molecule has 0 amide bonds. The van der Waals surface area contributed by atoms with Crippen molar-refractivity contribution in [3.05, 3.63) is 65.2 Å². The Balaban J connectivity index is 1.67. The summed E-state index contributed by atoms with van der Waals surface area (Å²) >= 11 is 1.55. The van der Waals surface area contributed by atoms with E-state index >= 15 is 0 Å². The predicted molar refractivity (Wildman–Crippen MR) is 120 cm³/mol. The Morgan fingerprint density at radius 3 is 2.74 bits per heavy atom. The molecule has 1 fully saturated rings. The number of para-hydroxylation sites is 1. The minimum absolute atomic E-state index is 0.0000768. The first-order valence-electron chi connectivity index (χ1n) is 10.3. The molecular formula is C24H21N3O3S. The lowest BCUT2D eigenvalue weighted by molar-refractivity contribution is -0.129. The molecule has 3 aromatic heterocycles. The van der Waals surface area contributed by atoms with Crippen molar-refractivity contribution in [1.82, 2.24) is 14.8 Å². The smallest absolute Gasteiger partial charge is 0.339 e. The summed E-state index contributed by atoms with van der Waals surface area (Å²) in [7, 11) is 0. The van der Waals surface area contributed by atoms with Crippen LogP contribution in [0, 0.1) is 6.92 Å². The van der Waals surface area contributed by atoms with E-state index in [0.717, 1.165) is 23.4 Å². The Morgan fingerprint density at radius 2 is 2.00 bits per heavy atom. The van der Waals surface area contributed by atoms with E-state index in [0.29, 0.717) is 40.8 Å². The van der Waals surface area contributed by atoms with Crippen molar-refractivity contribution in [3.8, 4) is 16.3 Å². The number of benzene rings is 1. The molecule has 1 aromatic carbocycles. The zero-order valence-electron chi connectivity index (χ0n) is 17.1. The number of hydrogen-bond donors (Lipinski definition) is 0. The van der Waals surface area contributed by atoms with E-state index in [1.165, 1.54) is 0 Å². The molecule has 0 spiro atoms. The van der Waals surface area contributed by atoms with Gasteiger partial charge in [-0.05, 0) is 55.8 Å². The maximum Gasteiger partial charge on any atom is 0.339 e. The molecule has 31 heavy (non-hydrogen) atoms. The van der Waals surface area contributed by atoms with Crippen LogP contribution in [-0.2, 0) is 9.53 Å². The maximum absolute atomic E-state index is 13.3. The summed E-state index contributed by atoms with van der Waals surface area (Å²) in [6, 6.07) is 15.4. The van der Waals surface area contributed by atoms with Crippen LogP contribution in [0.4, 0.5) is 0 Å². The SMILES string of the molecule is Cc1nn(-c2ccccc2)c2nc(-c3cccs3)cc(C(=O)O[C@H]3CCCCC3=O)c12. The van der Waals surface area contributed by atoms with Gasteiger partial charge in [-0.3, -0.25) is 4.79 Å². The van der Waals surface area contributed by atoms with Crippen molar-refractivity contribution in [2.45, 2.75) is 38.7 Å². The van der Waals surface area contributed by atoms with Gasteiger partial charge in [-0.15, -0.1) is 11.3 Å². The Kier molecular flexibility index (Phi) is 5.11. The summed E-state index contributed by atoms with van der Waals surface area (Å²) in [5.74, 6) is -0.499. The van der Waals surface area contributed by atoms with Gasteiger partial charge in [0.15, 0.2) is 17.5 Å². The van der Waals surface area contributed by atoms with Crippen LogP contribution in [0.1, 0.15) is 41.7 Å². The quantitative estimate of drug-likeness (QED) is 0.419. The zero-order chi connectivity index (χ0) is 21.4. The number of pyridine rings is 1. The number of ether oxygens (including phenoxy) is 1. The van der Waals surface area contributed by atoms with Crippen molar-refractivity contribution < 1.29 is 14.3 Å². The highest BCUT2D eigenvalue weighted by molar-refractivity contribution is 7.13. The van der Waals surface area contributed by atoms with Crippen molar-refractivity contribution in [2.24, 2.45) is 0 Å². The summed E-state index contributed by atoms with van der Waals surface area (Å²) in [4.78, 5) is 31.3. The lowest BCUT2D eigenvalue weighted by Gasteiger charge is -2.21. The molecule has 6 nitrogen and oxygen atoms in total. The Bertz CT molecular complexity index is 1260. The average molecular weight is 432 g/mol. The number of nitrogens with zero attached hydrogens (tertiary/aromatic N) is 3. The summed E-state index contributed by atoms with van der Waals surface area (Å²) in [5, 5.41) is 7.29. The van der Waals surface area contributed by atoms with E-state index in [1.54, 1.807) is 22.1 Å². The van der Waals surface area contributed by atoms with E-state index in [2.05, 4.69) is 5.10 Å². The number of carbonyl (C=O) groups excluding carboxylic acids is 2. The number of carbonyl (C=O) groups is 2. The van der Waals surface area contributed by atoms with Gasteiger partial charge in [0.2, 0.25) is 0 Å². The number of hydrogen-bond acceptors (Lipinski definition) is 6. The Hall–Kier alpha value is -3.32. The van der Waals surface area contributed by atoms with Gasteiger partial charge in [0.25, 0.3) is 0 Å². The summed E-state index contributed by atoms with van der Waals surface area (Å²) in [6.45, 7) is 1.86. The molecule has 1 aliphatic rings. The standard InChI is InChI=1S/C24H21N3O3S/c1-15-22-17(24(29)30-20-11-6-5-10-19(20)28)14-18(21-12-7-13-31-21)25-23(22)27(26-15)16-8-3-2-4-9-16/h2-4,7-9,12-14,20H,5-6,10-11H2,1H3/t20-/m0/s1. The first-order chi connectivity index (χ1) is 15.1. The molecule has 5 rings (SSSR count). The minimum Gasteiger partial charge on any atom is -0.451 e. The molecule has 4 aromatic rings. The predicted octanol–water partition coefficient (Wildman–Crippen LogP) is 5.13. The van der Waals surface area contributed by atoms with Gasteiger partial charge >= 0.3 is 5.97 Å². The molecule has 156 valence electrons. The van der Waals surface area contributed by atoms with Crippen LogP contribution in [0.3, 0.4) is 0 Å². The third kappa shape index (κ3) is 3.65. The number of esters is 1. The molecule has 1 saturated carbocycles. The highest BCUT2D eigenvalue weighted by Gasteiger charge is 2.29. The van der Waals surface area contributed by atoms with Gasteiger partial charge in [0.1, 0.15) is 0 Å². The van der Waals surface area contributed by atoms with Crippen LogP contribution in [-0.4, -0.2) is 32.6 Å². The second kappa shape index (κ2) is 8.07. The Labute approximate surface area is 183 Å². The highest BCUT2D eigenvalue weighted by atomic mass is 32.1. The number of thiophene rings is 1. The van der Waals surface area contributed by atoms with Crippen LogP contribution >= 0.6 is 11.3 Å². The first kappa shape index (κ1) is 19.6. The van der Waals surface area contributed by atoms with Crippen molar-refractivity contribution in [3.63, 3.8) is 0 Å². The molecule has 0 saturated heterocycles. The molecule has 3 heterocycles. The van der Waals surface area contributed by atoms with Crippen LogP contribution in [0.5, 0.6) is 0 Å². The van der Waals surface area contributed by atoms with Gasteiger partial charge in [0.05, 0.1) is 32.9 Å². The highest BCUT2D eigenvalue weighted by Crippen LogP contribution is 2.31. The topological polar surface area (TPSA) is 74.1 Å². The summed E-state index contributed by atoms with van der Waals surface area (Å²) in [5.41, 5.74) is 3.22. The third-order valence-electron chi connectivity index (χ3n) is 5.55. The van der Waals surface area contributed by atoms with Crippen molar-refractivity contribution >= 4 is 34.1 Å². The average Bonchev–Trinajstić information content (AvgIpc) is 3.44. The lowest BCUT2D eigenvalue weighted by atomic mass is 9.96. The number of ketones is 1. The number of aromatic nitrogens is 3. The molecular weight excluding hydrogens is 410 g/mol. The van der Waals surface area contributed by atoms with Crippen LogP contribution < -0.4 is 0 Å². The largest absolute Gasteiger partial charge is 0.451 e. The molecule has 0 radical (unpaired) electrons. The molecule has 7 heteroatoms. The number of aryl methyl sites for hydroxylation is 1. The normalized spacial score (nSPS) is 16.5. The van der Waals surface area contributed by atoms with Gasteiger partial charge < -0.3 is 4.74 Å². The van der Waals surface area contributed by atoms with Crippen LogP contribution in [0.15, 0.2) is 53.9 Å². The van der Waals surface area contributed by atoms with E-state index in [4.69, 9.17) is 9.72 Å². The van der Waals surface area contributed by atoms with Gasteiger partial charge in [0, 0.05) is 6.42 Å². The number of Topliss-reactive ketones (excluding diaryl/α,β-unsaturated/α-hetero) is 1. The number of rotatable bonds is 4. The molecule has 0 bridgehead atoms. The first-order valence-corrected chi connectivity index (χ1v) is 11.2. The van der Waals surface area contributed by atoms with Crippen molar-refractivity contribution in [1.29, 1.82) is 0 Å². The van der Waals surface area contributed by atoms with Crippen LogP contribution in [0.25, 0.3) is 27.3 Å². The minimum atomic E-state index is -0.667. The summed E-state index contributed by atoms with van der Waals surface area (Å²) in [6.07, 6.45) is 2.13. The Morgan fingerprint density at radius 1 is 1.16 bits per heavy atom. The second-order valence-electron chi connectivity index (χ2n) is 7.67. The maximum atomic E-state index is 13.3. The fourth-order valence-electron chi connectivity index (χ4n) is 4.02. The molecule has 0 aliphatic heterocycles. The molecule has 0 unspecified atom stereocenters. The van der Waals surface area contributed by atoms with E-state index in [-0.39, 0.29) is 5.78 Å². The molecule has 1 atom stereocenters. The van der Waals surface area contributed by atoms with Crippen LogP contribution in [0.2, 0.25) is 0 Å². The van der Waals surface area contributed by atoms with Crippen molar-refractivity contribution in [2.75, 3.05) is 0 Å². The molecule has 0 N–H and O–H groups in total. The van der Waals surface area contributed by atoms with E-state index < -0.39 is 12.1 Å². The number of fused-ring (bicyclic) bond motifs is 1. The fourth-order valence-corrected chi connectivity index (χ4v) is 4.70. The van der Waals surface area contributed by atoms with Gasteiger partial charge in [-0.2, -0.15) is 5.10 Å². The monoisotopic (exact) mass is 431 g/mol. The van der Waals surface area contributed by atoms with Gasteiger partial charge in [-0.25, -0.2) is 14.5 Å². The summed E-state index contributed by atoms with van der Waals surface area (Å²) < 4.78 is 7.44.